The third-order valence-corrected chi connectivity index (χ3v) is 3.78. The summed E-state index contributed by atoms with van der Waals surface area (Å²) in [5.74, 6) is 2.29. The Labute approximate surface area is 130 Å². The lowest BCUT2D eigenvalue weighted by Crippen LogP contribution is -1.99. The van der Waals surface area contributed by atoms with Crippen LogP contribution in [0.25, 0.3) is 11.1 Å². The topological polar surface area (TPSA) is 53.7 Å². The van der Waals surface area contributed by atoms with Crippen LogP contribution >= 0.6 is 0 Å². The van der Waals surface area contributed by atoms with E-state index >= 15 is 0 Å². The fourth-order valence-corrected chi connectivity index (χ4v) is 2.92. The third kappa shape index (κ3) is 2.56. The average molecular weight is 299 g/mol. The molecule has 0 radical (unpaired) electrons. The molecule has 0 spiro atoms. The average Bonchev–Trinajstić information content (AvgIpc) is 2.70. The first-order valence-corrected chi connectivity index (χ1v) is 7.45. The summed E-state index contributed by atoms with van der Waals surface area (Å²) in [6.45, 7) is 5.38. The number of methoxy groups -OCH3 is 1. The highest BCUT2D eigenvalue weighted by molar-refractivity contribution is 5.82. The van der Waals surface area contributed by atoms with E-state index < -0.39 is 0 Å². The molecule has 0 atom stereocenters. The highest BCUT2D eigenvalue weighted by atomic mass is 16.5. The number of nitrogen functional groups attached to an aromatic ring is 1. The van der Waals surface area contributed by atoms with Gasteiger partial charge in [0.15, 0.2) is 11.5 Å². The number of hydrogen-bond donors (Lipinski definition) is 1. The molecule has 116 valence electrons. The van der Waals surface area contributed by atoms with Gasteiger partial charge in [-0.1, -0.05) is 6.07 Å². The maximum Gasteiger partial charge on any atom is 0.169 e. The van der Waals surface area contributed by atoms with Crippen LogP contribution < -0.4 is 19.9 Å². The van der Waals surface area contributed by atoms with Gasteiger partial charge in [-0.2, -0.15) is 0 Å². The van der Waals surface area contributed by atoms with Crippen molar-refractivity contribution in [1.82, 2.24) is 0 Å². The van der Waals surface area contributed by atoms with Crippen molar-refractivity contribution < 1.29 is 14.2 Å². The largest absolute Gasteiger partial charge is 0.496 e. The number of anilines is 1. The summed E-state index contributed by atoms with van der Waals surface area (Å²) in [6.07, 6.45) is 0.859. The lowest BCUT2D eigenvalue weighted by atomic mass is 9.97. The fourth-order valence-electron chi connectivity index (χ4n) is 2.92. The van der Waals surface area contributed by atoms with Gasteiger partial charge >= 0.3 is 0 Å². The van der Waals surface area contributed by atoms with Crippen molar-refractivity contribution in [1.29, 1.82) is 0 Å². The summed E-state index contributed by atoms with van der Waals surface area (Å²) < 4.78 is 17.3. The van der Waals surface area contributed by atoms with Crippen LogP contribution in [0.4, 0.5) is 5.69 Å². The highest BCUT2D eigenvalue weighted by Crippen LogP contribution is 2.45. The monoisotopic (exact) mass is 299 g/mol. The van der Waals surface area contributed by atoms with Gasteiger partial charge < -0.3 is 19.9 Å². The van der Waals surface area contributed by atoms with Crippen LogP contribution in [0.5, 0.6) is 17.2 Å². The summed E-state index contributed by atoms with van der Waals surface area (Å²) in [5.41, 5.74) is 10.9. The Morgan fingerprint density at radius 1 is 1.00 bits per heavy atom. The molecule has 0 fully saturated rings. The van der Waals surface area contributed by atoms with E-state index in [-0.39, 0.29) is 0 Å². The first kappa shape index (κ1) is 14.6. The molecule has 0 unspecified atom stereocenters. The first-order chi connectivity index (χ1) is 10.6. The Morgan fingerprint density at radius 2 is 1.77 bits per heavy atom. The Balaban J connectivity index is 2.26. The summed E-state index contributed by atoms with van der Waals surface area (Å²) >= 11 is 0. The van der Waals surface area contributed by atoms with Crippen LogP contribution in [0.3, 0.4) is 0 Å². The van der Waals surface area contributed by atoms with Crippen molar-refractivity contribution in [3.8, 4) is 28.4 Å². The second-order valence-electron chi connectivity index (χ2n) is 5.61. The number of benzene rings is 2. The minimum atomic E-state index is 0.636. The van der Waals surface area contributed by atoms with Gasteiger partial charge in [-0.15, -0.1) is 0 Å². The number of rotatable bonds is 2. The standard InChI is InChI=1S/C18H21NO3/c1-11-7-12(2)17(20-3)14(8-11)15-9-13(19)10-16-18(15)22-6-4-5-21-16/h7-10H,4-6,19H2,1-3H3. The second-order valence-corrected chi connectivity index (χ2v) is 5.61. The van der Waals surface area contributed by atoms with Crippen molar-refractivity contribution >= 4 is 5.69 Å². The van der Waals surface area contributed by atoms with Crippen LogP contribution in [0.2, 0.25) is 0 Å². The molecule has 0 saturated heterocycles. The smallest absolute Gasteiger partial charge is 0.169 e. The molecule has 1 heterocycles. The maximum absolute atomic E-state index is 6.06. The molecular formula is C18H21NO3. The predicted octanol–water partition coefficient (Wildman–Crippen LogP) is 3.72. The molecule has 0 aromatic heterocycles. The Morgan fingerprint density at radius 3 is 2.55 bits per heavy atom. The molecule has 2 aromatic carbocycles. The zero-order valence-electron chi connectivity index (χ0n) is 13.2. The van der Waals surface area contributed by atoms with E-state index in [1.165, 1.54) is 5.56 Å². The molecule has 4 nitrogen and oxygen atoms in total. The maximum atomic E-state index is 6.06. The van der Waals surface area contributed by atoms with Gasteiger partial charge in [0.2, 0.25) is 0 Å². The zero-order chi connectivity index (χ0) is 15.7. The van der Waals surface area contributed by atoms with Crippen LogP contribution in [-0.4, -0.2) is 20.3 Å². The molecular weight excluding hydrogens is 278 g/mol. The van der Waals surface area contributed by atoms with E-state index in [0.29, 0.717) is 24.7 Å². The number of nitrogens with two attached hydrogens (primary N) is 1. The number of aryl methyl sites for hydroxylation is 2. The summed E-state index contributed by atoms with van der Waals surface area (Å²) in [5, 5.41) is 0. The van der Waals surface area contributed by atoms with E-state index in [9.17, 15) is 0 Å². The Kier molecular flexibility index (Phi) is 3.84. The molecule has 0 aliphatic carbocycles. The molecule has 2 N–H and O–H groups in total. The number of ether oxygens (including phenoxy) is 3. The van der Waals surface area contributed by atoms with Gasteiger partial charge in [-0.25, -0.2) is 0 Å². The van der Waals surface area contributed by atoms with E-state index in [1.54, 1.807) is 7.11 Å². The van der Waals surface area contributed by atoms with Crippen LogP contribution in [0.15, 0.2) is 24.3 Å². The number of hydrogen-bond acceptors (Lipinski definition) is 4. The molecule has 1 aliphatic heterocycles. The minimum absolute atomic E-state index is 0.636. The molecule has 0 saturated carbocycles. The van der Waals surface area contributed by atoms with Gasteiger partial charge in [-0.05, 0) is 37.1 Å². The van der Waals surface area contributed by atoms with Gasteiger partial charge in [0, 0.05) is 29.3 Å². The van der Waals surface area contributed by atoms with Crippen molar-refractivity contribution in [2.75, 3.05) is 26.1 Å². The first-order valence-electron chi connectivity index (χ1n) is 7.45. The van der Waals surface area contributed by atoms with E-state index in [4.69, 9.17) is 19.9 Å². The van der Waals surface area contributed by atoms with E-state index in [0.717, 1.165) is 34.6 Å². The van der Waals surface area contributed by atoms with Crippen LogP contribution in [0.1, 0.15) is 17.5 Å². The summed E-state index contributed by atoms with van der Waals surface area (Å²) in [7, 11) is 1.68. The zero-order valence-corrected chi connectivity index (χ0v) is 13.2. The summed E-state index contributed by atoms with van der Waals surface area (Å²) in [6, 6.07) is 7.93. The SMILES string of the molecule is COc1c(C)cc(C)cc1-c1cc(N)cc2c1OCCCO2. The van der Waals surface area contributed by atoms with Crippen LogP contribution in [0, 0.1) is 13.8 Å². The molecule has 2 aromatic rings. The fraction of sp³-hybridized carbons (Fsp3) is 0.333. The molecule has 0 amide bonds. The molecule has 3 rings (SSSR count). The predicted molar refractivity (Wildman–Crippen MR) is 87.9 cm³/mol. The normalized spacial score (nSPS) is 13.6. The lowest BCUT2D eigenvalue weighted by molar-refractivity contribution is 0.297. The van der Waals surface area contributed by atoms with E-state index in [1.807, 2.05) is 19.1 Å². The van der Waals surface area contributed by atoms with Crippen molar-refractivity contribution in [3.63, 3.8) is 0 Å². The number of fused-ring (bicyclic) bond motifs is 1. The van der Waals surface area contributed by atoms with Gasteiger partial charge in [0.1, 0.15) is 5.75 Å². The van der Waals surface area contributed by atoms with Crippen molar-refractivity contribution in [3.05, 3.63) is 35.4 Å². The van der Waals surface area contributed by atoms with Gasteiger partial charge in [-0.3, -0.25) is 0 Å². The van der Waals surface area contributed by atoms with Gasteiger partial charge in [0.25, 0.3) is 0 Å². The quantitative estimate of drug-likeness (QED) is 0.859. The third-order valence-electron chi connectivity index (χ3n) is 3.78. The van der Waals surface area contributed by atoms with Gasteiger partial charge in [0.05, 0.1) is 20.3 Å². The highest BCUT2D eigenvalue weighted by Gasteiger charge is 2.20. The van der Waals surface area contributed by atoms with E-state index in [2.05, 4.69) is 19.1 Å². The van der Waals surface area contributed by atoms with Crippen LogP contribution in [-0.2, 0) is 0 Å². The lowest BCUT2D eigenvalue weighted by Gasteiger charge is -2.18. The Hall–Kier alpha value is -2.36. The molecule has 22 heavy (non-hydrogen) atoms. The summed E-state index contributed by atoms with van der Waals surface area (Å²) in [4.78, 5) is 0. The van der Waals surface area contributed by atoms with Crippen molar-refractivity contribution in [2.24, 2.45) is 0 Å². The minimum Gasteiger partial charge on any atom is -0.496 e. The molecule has 0 bridgehead atoms. The molecule has 1 aliphatic rings. The van der Waals surface area contributed by atoms with Crippen molar-refractivity contribution in [2.45, 2.75) is 20.3 Å². The second kappa shape index (κ2) is 5.79. The molecule has 4 heteroatoms. The Bertz CT molecular complexity index is 710.